The lowest BCUT2D eigenvalue weighted by Crippen LogP contribution is -2.29. The first kappa shape index (κ1) is 18.8. The monoisotopic (exact) mass is 409 g/mol. The minimum atomic E-state index is -1.00. The molecule has 6 heteroatoms. The highest BCUT2D eigenvalue weighted by molar-refractivity contribution is 6.11. The highest BCUT2D eigenvalue weighted by atomic mass is 16.4. The summed E-state index contributed by atoms with van der Waals surface area (Å²) in [7, 11) is 0. The van der Waals surface area contributed by atoms with E-state index < -0.39 is 5.97 Å². The van der Waals surface area contributed by atoms with Crippen LogP contribution in [0.1, 0.15) is 43.6 Å². The van der Waals surface area contributed by atoms with E-state index in [0.717, 1.165) is 27.9 Å². The number of carboxylic acid groups (broad SMARTS) is 1. The van der Waals surface area contributed by atoms with E-state index in [1.54, 1.807) is 17.0 Å². The summed E-state index contributed by atoms with van der Waals surface area (Å²) < 4.78 is 0. The molecule has 31 heavy (non-hydrogen) atoms. The molecule has 1 aliphatic rings. The lowest BCUT2D eigenvalue weighted by molar-refractivity contribution is 0.0696. The van der Waals surface area contributed by atoms with Crippen LogP contribution in [0.4, 0.5) is 5.69 Å². The molecule has 1 amide bonds. The molecule has 4 aromatic rings. The molecule has 6 nitrogen and oxygen atoms in total. The summed E-state index contributed by atoms with van der Waals surface area (Å²) in [6.45, 7) is 2.02. The minimum Gasteiger partial charge on any atom is -0.478 e. The second-order valence-corrected chi connectivity index (χ2v) is 7.57. The zero-order valence-electron chi connectivity index (χ0n) is 16.7. The molecule has 1 unspecified atom stereocenters. The molecule has 152 valence electrons. The van der Waals surface area contributed by atoms with Crippen molar-refractivity contribution < 1.29 is 14.7 Å². The van der Waals surface area contributed by atoms with Gasteiger partial charge in [0.1, 0.15) is 5.69 Å². The lowest BCUT2D eigenvalue weighted by Gasteiger charge is -2.26. The Morgan fingerprint density at radius 1 is 0.968 bits per heavy atom. The summed E-state index contributed by atoms with van der Waals surface area (Å²) in [5, 5.41) is 16.6. The fourth-order valence-electron chi connectivity index (χ4n) is 4.06. The van der Waals surface area contributed by atoms with Crippen molar-refractivity contribution in [3.05, 3.63) is 107 Å². The third-order valence-corrected chi connectivity index (χ3v) is 5.60. The average molecular weight is 409 g/mol. The molecule has 0 spiro atoms. The summed E-state index contributed by atoms with van der Waals surface area (Å²) in [4.78, 5) is 26.4. The molecule has 1 aliphatic heterocycles. The molecule has 2 heterocycles. The first-order chi connectivity index (χ1) is 15.0. The molecule has 0 aliphatic carbocycles. The first-order valence-corrected chi connectivity index (χ1v) is 9.92. The smallest absolute Gasteiger partial charge is 0.335 e. The Morgan fingerprint density at radius 2 is 1.65 bits per heavy atom. The van der Waals surface area contributed by atoms with Crippen molar-refractivity contribution in [1.82, 2.24) is 10.2 Å². The van der Waals surface area contributed by atoms with E-state index >= 15 is 0 Å². The van der Waals surface area contributed by atoms with Gasteiger partial charge in [0, 0.05) is 16.8 Å². The number of aromatic nitrogens is 2. The van der Waals surface area contributed by atoms with Gasteiger partial charge in [-0.05, 0) is 36.8 Å². The number of benzene rings is 3. The second-order valence-electron chi connectivity index (χ2n) is 7.57. The topological polar surface area (TPSA) is 86.3 Å². The van der Waals surface area contributed by atoms with Crippen LogP contribution in [0.2, 0.25) is 0 Å². The summed E-state index contributed by atoms with van der Waals surface area (Å²) in [5.74, 6) is -1.20. The van der Waals surface area contributed by atoms with E-state index in [4.69, 9.17) is 0 Å². The number of carbonyl (C=O) groups excluding carboxylic acids is 1. The number of hydrogen-bond acceptors (Lipinski definition) is 3. The van der Waals surface area contributed by atoms with Gasteiger partial charge >= 0.3 is 5.97 Å². The number of H-pyrrole nitrogens is 1. The van der Waals surface area contributed by atoms with Crippen LogP contribution in [0.25, 0.3) is 11.3 Å². The lowest BCUT2D eigenvalue weighted by atomic mass is 9.95. The van der Waals surface area contributed by atoms with Crippen LogP contribution in [0, 0.1) is 6.92 Å². The number of aromatic carboxylic acids is 1. The summed E-state index contributed by atoms with van der Waals surface area (Å²) in [6, 6.07) is 23.8. The van der Waals surface area contributed by atoms with Crippen LogP contribution < -0.4 is 4.90 Å². The maximum Gasteiger partial charge on any atom is 0.335 e. The van der Waals surface area contributed by atoms with E-state index in [9.17, 15) is 14.7 Å². The number of rotatable bonds is 4. The molecule has 3 aromatic carbocycles. The number of fused-ring (bicyclic) bond motifs is 1. The van der Waals surface area contributed by atoms with Gasteiger partial charge in [-0.1, -0.05) is 60.2 Å². The fourth-order valence-corrected chi connectivity index (χ4v) is 4.06. The number of aryl methyl sites for hydroxylation is 1. The molecule has 0 saturated heterocycles. The largest absolute Gasteiger partial charge is 0.478 e. The van der Waals surface area contributed by atoms with E-state index in [1.807, 2.05) is 61.5 Å². The van der Waals surface area contributed by atoms with Crippen molar-refractivity contribution >= 4 is 17.6 Å². The number of carbonyl (C=O) groups is 2. The van der Waals surface area contributed by atoms with Gasteiger partial charge in [-0.25, -0.2) is 4.79 Å². The quantitative estimate of drug-likeness (QED) is 0.505. The molecule has 2 N–H and O–H groups in total. The number of carboxylic acids is 1. The van der Waals surface area contributed by atoms with E-state index in [0.29, 0.717) is 11.4 Å². The number of nitrogens with zero attached hydrogens (tertiary/aromatic N) is 2. The third-order valence-electron chi connectivity index (χ3n) is 5.60. The van der Waals surface area contributed by atoms with Gasteiger partial charge in [0.2, 0.25) is 0 Å². The van der Waals surface area contributed by atoms with Gasteiger partial charge in [-0.3, -0.25) is 14.8 Å². The summed E-state index contributed by atoms with van der Waals surface area (Å²) in [6.07, 6.45) is 0. The molecule has 1 atom stereocenters. The van der Waals surface area contributed by atoms with Crippen molar-refractivity contribution in [2.75, 3.05) is 4.90 Å². The number of nitrogens with one attached hydrogen (secondary N) is 1. The Bertz CT molecular complexity index is 1280. The Kier molecular flexibility index (Phi) is 4.40. The highest BCUT2D eigenvalue weighted by Gasteiger charge is 2.43. The molecule has 0 saturated carbocycles. The van der Waals surface area contributed by atoms with Gasteiger partial charge < -0.3 is 5.11 Å². The molecular formula is C25H19N3O3. The minimum absolute atomic E-state index is 0.174. The summed E-state index contributed by atoms with van der Waals surface area (Å²) in [5.41, 5.74) is 5.82. The standard InChI is InChI=1S/C25H19N3O3/c1-15-7-9-17(10-8-15)23-20-21(16-5-3-2-4-6-16)26-27-22(20)24(29)28(23)19-13-11-18(12-14-19)25(30)31/h2-14,23H,1H3,(H,26,27)(H,30,31). The number of aromatic amines is 1. The van der Waals surface area contributed by atoms with Gasteiger partial charge in [-0.15, -0.1) is 0 Å². The zero-order chi connectivity index (χ0) is 21.5. The Hall–Kier alpha value is -4.19. The zero-order valence-corrected chi connectivity index (χ0v) is 16.7. The van der Waals surface area contributed by atoms with Crippen LogP contribution in [0.5, 0.6) is 0 Å². The van der Waals surface area contributed by atoms with Crippen LogP contribution >= 0.6 is 0 Å². The number of hydrogen-bond donors (Lipinski definition) is 2. The Morgan fingerprint density at radius 3 is 2.29 bits per heavy atom. The Balaban J connectivity index is 1.69. The second kappa shape index (κ2) is 7.25. The van der Waals surface area contributed by atoms with E-state index in [1.165, 1.54) is 12.1 Å². The predicted molar refractivity (Wildman–Crippen MR) is 117 cm³/mol. The van der Waals surface area contributed by atoms with Crippen molar-refractivity contribution in [3.63, 3.8) is 0 Å². The van der Waals surface area contributed by atoms with Crippen LogP contribution in [0.3, 0.4) is 0 Å². The van der Waals surface area contributed by atoms with Crippen molar-refractivity contribution in [3.8, 4) is 11.3 Å². The van der Waals surface area contributed by atoms with Crippen LogP contribution in [-0.4, -0.2) is 27.2 Å². The molecule has 5 rings (SSSR count). The maximum absolute atomic E-state index is 13.4. The molecular weight excluding hydrogens is 390 g/mol. The third kappa shape index (κ3) is 3.09. The number of anilines is 1. The summed E-state index contributed by atoms with van der Waals surface area (Å²) >= 11 is 0. The molecule has 1 aromatic heterocycles. The SMILES string of the molecule is Cc1ccc(C2c3c(-c4ccccc4)n[nH]c3C(=O)N2c2ccc(C(=O)O)cc2)cc1. The number of amides is 1. The average Bonchev–Trinajstić information content (AvgIpc) is 3.34. The van der Waals surface area contributed by atoms with Crippen molar-refractivity contribution in [2.45, 2.75) is 13.0 Å². The van der Waals surface area contributed by atoms with E-state index in [-0.39, 0.29) is 17.5 Å². The van der Waals surface area contributed by atoms with Gasteiger partial charge in [0.25, 0.3) is 5.91 Å². The van der Waals surface area contributed by atoms with E-state index in [2.05, 4.69) is 10.2 Å². The fraction of sp³-hybridized carbons (Fsp3) is 0.0800. The Labute approximate surface area is 178 Å². The molecule has 0 radical (unpaired) electrons. The first-order valence-electron chi connectivity index (χ1n) is 9.92. The maximum atomic E-state index is 13.4. The normalized spacial score (nSPS) is 15.2. The van der Waals surface area contributed by atoms with Gasteiger partial charge in [0.05, 0.1) is 17.3 Å². The van der Waals surface area contributed by atoms with Crippen LogP contribution in [-0.2, 0) is 0 Å². The van der Waals surface area contributed by atoms with Gasteiger partial charge in [-0.2, -0.15) is 5.10 Å². The predicted octanol–water partition coefficient (Wildman–Crippen LogP) is 4.83. The molecule has 0 fully saturated rings. The van der Waals surface area contributed by atoms with Gasteiger partial charge in [0.15, 0.2) is 0 Å². The van der Waals surface area contributed by atoms with Crippen LogP contribution in [0.15, 0.2) is 78.9 Å². The molecule has 0 bridgehead atoms. The highest BCUT2D eigenvalue weighted by Crippen LogP contribution is 2.45. The van der Waals surface area contributed by atoms with Crippen molar-refractivity contribution in [2.24, 2.45) is 0 Å². The van der Waals surface area contributed by atoms with Crippen molar-refractivity contribution in [1.29, 1.82) is 0 Å².